The largest absolute Gasteiger partial charge is 0.326 e. The van der Waals surface area contributed by atoms with Crippen molar-refractivity contribution in [3.8, 4) is 0 Å². The average Bonchev–Trinajstić information content (AvgIpc) is 3.23. The van der Waals surface area contributed by atoms with E-state index in [2.05, 4.69) is 46.5 Å². The first-order valence-electron chi connectivity index (χ1n) is 7.37. The first-order valence-corrected chi connectivity index (χ1v) is 8.32. The van der Waals surface area contributed by atoms with Crippen LogP contribution in [-0.2, 0) is 11.3 Å². The van der Waals surface area contributed by atoms with Crippen molar-refractivity contribution in [1.29, 1.82) is 0 Å². The monoisotopic (exact) mass is 300 g/mol. The summed E-state index contributed by atoms with van der Waals surface area (Å²) in [6, 6.07) is 10.6. The van der Waals surface area contributed by atoms with Gasteiger partial charge in [-0.25, -0.2) is 0 Å². The zero-order valence-corrected chi connectivity index (χ0v) is 13.0. The normalized spacial score (nSPS) is 15.7. The summed E-state index contributed by atoms with van der Waals surface area (Å²) in [5.41, 5.74) is 3.44. The third kappa shape index (κ3) is 3.93. The lowest BCUT2D eigenvalue weighted by molar-refractivity contribution is -0.117. The molecule has 1 amide bonds. The lowest BCUT2D eigenvalue weighted by Crippen LogP contribution is -2.18. The van der Waals surface area contributed by atoms with Gasteiger partial charge < -0.3 is 10.6 Å². The molecule has 1 atom stereocenters. The fourth-order valence-corrected chi connectivity index (χ4v) is 2.90. The molecule has 21 heavy (non-hydrogen) atoms. The smallest absolute Gasteiger partial charge is 0.227 e. The van der Waals surface area contributed by atoms with Crippen molar-refractivity contribution in [3.05, 3.63) is 52.2 Å². The standard InChI is InChI=1S/C17H20N2OS/c1-12(18-10-13-8-9-21-11-13)14-4-6-16(7-5-14)19-17(20)15-2-3-15/h4-9,11-12,15,18H,2-3,10H2,1H3,(H,19,20)/t12-/m0/s1. The SMILES string of the molecule is C[C@H](NCc1ccsc1)c1ccc(NC(=O)C2CC2)cc1. The highest BCUT2D eigenvalue weighted by Crippen LogP contribution is 2.30. The van der Waals surface area contributed by atoms with Gasteiger partial charge in [0.2, 0.25) is 5.91 Å². The number of rotatable bonds is 6. The van der Waals surface area contributed by atoms with Gasteiger partial charge in [-0.1, -0.05) is 12.1 Å². The van der Waals surface area contributed by atoms with Gasteiger partial charge in [-0.15, -0.1) is 0 Å². The summed E-state index contributed by atoms with van der Waals surface area (Å²) >= 11 is 1.72. The Bertz CT molecular complexity index is 588. The fraction of sp³-hybridized carbons (Fsp3) is 0.353. The number of carbonyl (C=O) groups excluding carboxylic acids is 1. The zero-order chi connectivity index (χ0) is 14.7. The molecule has 2 aromatic rings. The van der Waals surface area contributed by atoms with E-state index in [-0.39, 0.29) is 17.9 Å². The molecule has 1 aromatic carbocycles. The van der Waals surface area contributed by atoms with Gasteiger partial charge in [0.15, 0.2) is 0 Å². The summed E-state index contributed by atoms with van der Waals surface area (Å²) in [7, 11) is 0. The molecule has 110 valence electrons. The lowest BCUT2D eigenvalue weighted by Gasteiger charge is -2.14. The molecule has 0 bridgehead atoms. The van der Waals surface area contributed by atoms with Gasteiger partial charge in [-0.05, 0) is 59.9 Å². The van der Waals surface area contributed by atoms with Crippen molar-refractivity contribution in [3.63, 3.8) is 0 Å². The number of hydrogen-bond donors (Lipinski definition) is 2. The summed E-state index contributed by atoms with van der Waals surface area (Å²) in [4.78, 5) is 11.7. The Morgan fingerprint density at radius 2 is 2.05 bits per heavy atom. The quantitative estimate of drug-likeness (QED) is 0.848. The number of carbonyl (C=O) groups is 1. The molecular weight excluding hydrogens is 280 g/mol. The van der Waals surface area contributed by atoms with E-state index in [1.807, 2.05) is 12.1 Å². The number of hydrogen-bond acceptors (Lipinski definition) is 3. The second-order valence-corrected chi connectivity index (χ2v) is 6.40. The number of anilines is 1. The first kappa shape index (κ1) is 14.3. The van der Waals surface area contributed by atoms with Crippen LogP contribution in [0.15, 0.2) is 41.1 Å². The molecule has 1 heterocycles. The molecule has 0 unspecified atom stereocenters. The van der Waals surface area contributed by atoms with E-state index in [9.17, 15) is 4.79 Å². The van der Waals surface area contributed by atoms with E-state index >= 15 is 0 Å². The van der Waals surface area contributed by atoms with Crippen LogP contribution in [0, 0.1) is 5.92 Å². The molecule has 4 heteroatoms. The Kier molecular flexibility index (Phi) is 4.36. The highest BCUT2D eigenvalue weighted by Gasteiger charge is 2.29. The summed E-state index contributed by atoms with van der Waals surface area (Å²) in [6.45, 7) is 3.04. The minimum absolute atomic E-state index is 0.159. The van der Waals surface area contributed by atoms with Crippen molar-refractivity contribution in [2.24, 2.45) is 5.92 Å². The Labute approximate surface area is 129 Å². The molecule has 0 saturated heterocycles. The summed E-state index contributed by atoms with van der Waals surface area (Å²) in [6.07, 6.45) is 2.07. The highest BCUT2D eigenvalue weighted by atomic mass is 32.1. The number of benzene rings is 1. The van der Waals surface area contributed by atoms with Crippen LogP contribution in [-0.4, -0.2) is 5.91 Å². The Balaban J connectivity index is 1.53. The van der Waals surface area contributed by atoms with E-state index in [0.29, 0.717) is 0 Å². The second kappa shape index (κ2) is 6.41. The Morgan fingerprint density at radius 3 is 2.67 bits per heavy atom. The van der Waals surface area contributed by atoms with E-state index in [1.165, 1.54) is 11.1 Å². The molecular formula is C17H20N2OS. The number of amides is 1. The van der Waals surface area contributed by atoms with E-state index in [4.69, 9.17) is 0 Å². The zero-order valence-electron chi connectivity index (χ0n) is 12.1. The summed E-state index contributed by atoms with van der Waals surface area (Å²) < 4.78 is 0. The maximum absolute atomic E-state index is 11.7. The third-order valence-electron chi connectivity index (χ3n) is 3.82. The van der Waals surface area contributed by atoms with Crippen molar-refractivity contribution in [2.45, 2.75) is 32.4 Å². The Hall–Kier alpha value is -1.65. The van der Waals surface area contributed by atoms with Crippen LogP contribution in [0.1, 0.15) is 36.9 Å². The van der Waals surface area contributed by atoms with Crippen molar-refractivity contribution >= 4 is 22.9 Å². The van der Waals surface area contributed by atoms with Crippen LogP contribution in [0.3, 0.4) is 0 Å². The molecule has 0 aliphatic heterocycles. The molecule has 3 rings (SSSR count). The fourth-order valence-electron chi connectivity index (χ4n) is 2.23. The molecule has 1 saturated carbocycles. The average molecular weight is 300 g/mol. The van der Waals surface area contributed by atoms with Crippen molar-refractivity contribution in [2.75, 3.05) is 5.32 Å². The van der Waals surface area contributed by atoms with Gasteiger partial charge in [0.1, 0.15) is 0 Å². The number of nitrogens with one attached hydrogen (secondary N) is 2. The molecule has 1 aromatic heterocycles. The third-order valence-corrected chi connectivity index (χ3v) is 4.55. The van der Waals surface area contributed by atoms with Gasteiger partial charge in [-0.3, -0.25) is 4.79 Å². The van der Waals surface area contributed by atoms with E-state index in [1.54, 1.807) is 11.3 Å². The summed E-state index contributed by atoms with van der Waals surface area (Å²) in [5.74, 6) is 0.405. The van der Waals surface area contributed by atoms with Gasteiger partial charge >= 0.3 is 0 Å². The van der Waals surface area contributed by atoms with Crippen LogP contribution >= 0.6 is 11.3 Å². The van der Waals surface area contributed by atoms with Crippen LogP contribution in [0.2, 0.25) is 0 Å². The maximum atomic E-state index is 11.7. The van der Waals surface area contributed by atoms with Gasteiger partial charge in [0.05, 0.1) is 0 Å². The first-order chi connectivity index (χ1) is 10.2. The van der Waals surface area contributed by atoms with Crippen LogP contribution < -0.4 is 10.6 Å². The van der Waals surface area contributed by atoms with Crippen molar-refractivity contribution < 1.29 is 4.79 Å². The molecule has 2 N–H and O–H groups in total. The molecule has 0 radical (unpaired) electrons. The molecule has 1 aliphatic carbocycles. The number of thiophene rings is 1. The van der Waals surface area contributed by atoms with Crippen LogP contribution in [0.5, 0.6) is 0 Å². The van der Waals surface area contributed by atoms with Crippen LogP contribution in [0.25, 0.3) is 0 Å². The molecule has 0 spiro atoms. The minimum Gasteiger partial charge on any atom is -0.326 e. The van der Waals surface area contributed by atoms with Gasteiger partial charge in [-0.2, -0.15) is 11.3 Å². The second-order valence-electron chi connectivity index (χ2n) is 5.62. The molecule has 1 aliphatic rings. The lowest BCUT2D eigenvalue weighted by atomic mass is 10.1. The highest BCUT2D eigenvalue weighted by molar-refractivity contribution is 7.07. The molecule has 3 nitrogen and oxygen atoms in total. The Morgan fingerprint density at radius 1 is 1.29 bits per heavy atom. The van der Waals surface area contributed by atoms with Crippen LogP contribution in [0.4, 0.5) is 5.69 Å². The van der Waals surface area contributed by atoms with E-state index < -0.39 is 0 Å². The van der Waals surface area contributed by atoms with Gasteiger partial charge in [0, 0.05) is 24.2 Å². The molecule has 1 fully saturated rings. The topological polar surface area (TPSA) is 41.1 Å². The summed E-state index contributed by atoms with van der Waals surface area (Å²) in [5, 5.41) is 10.7. The van der Waals surface area contributed by atoms with E-state index in [0.717, 1.165) is 25.1 Å². The van der Waals surface area contributed by atoms with Crippen molar-refractivity contribution in [1.82, 2.24) is 5.32 Å². The predicted octanol–water partition coefficient (Wildman–Crippen LogP) is 3.95. The van der Waals surface area contributed by atoms with Gasteiger partial charge in [0.25, 0.3) is 0 Å². The maximum Gasteiger partial charge on any atom is 0.227 e. The minimum atomic E-state index is 0.159. The predicted molar refractivity (Wildman–Crippen MR) is 87.4 cm³/mol.